The number of hydrogen-bond acceptors (Lipinski definition) is 4. The number of hydrogen-bond donors (Lipinski definition) is 1. The zero-order chi connectivity index (χ0) is 14.9. The average molecular weight is 292 g/mol. The van der Waals surface area contributed by atoms with Gasteiger partial charge in [-0.2, -0.15) is 5.10 Å². The van der Waals surface area contributed by atoms with Crippen LogP contribution < -0.4 is 5.32 Å². The van der Waals surface area contributed by atoms with Crippen LogP contribution in [0.3, 0.4) is 0 Å². The van der Waals surface area contributed by atoms with Gasteiger partial charge in [0, 0.05) is 18.1 Å². The SMILES string of the molecule is CCOC1CC(NC(=O)C(C)n2cncn2)C12CCCC2. The van der Waals surface area contributed by atoms with Crippen molar-refractivity contribution in [3.8, 4) is 0 Å². The Labute approximate surface area is 125 Å². The second-order valence-corrected chi connectivity index (χ2v) is 6.23. The molecule has 6 nitrogen and oxygen atoms in total. The van der Waals surface area contributed by atoms with Crippen molar-refractivity contribution in [1.82, 2.24) is 20.1 Å². The van der Waals surface area contributed by atoms with E-state index in [1.54, 1.807) is 11.0 Å². The molecule has 0 radical (unpaired) electrons. The molecule has 3 unspecified atom stereocenters. The van der Waals surface area contributed by atoms with Crippen LogP contribution in [0.15, 0.2) is 12.7 Å². The van der Waals surface area contributed by atoms with Crippen LogP contribution in [-0.2, 0) is 9.53 Å². The highest BCUT2D eigenvalue weighted by atomic mass is 16.5. The molecule has 1 N–H and O–H groups in total. The van der Waals surface area contributed by atoms with E-state index in [-0.39, 0.29) is 23.4 Å². The summed E-state index contributed by atoms with van der Waals surface area (Å²) in [5.41, 5.74) is 0.174. The Morgan fingerprint density at radius 2 is 2.29 bits per heavy atom. The van der Waals surface area contributed by atoms with Crippen LogP contribution in [0.1, 0.15) is 52.0 Å². The van der Waals surface area contributed by atoms with Crippen LogP contribution in [0.5, 0.6) is 0 Å². The molecule has 6 heteroatoms. The van der Waals surface area contributed by atoms with Gasteiger partial charge in [0.25, 0.3) is 0 Å². The number of amides is 1. The number of nitrogens with one attached hydrogen (secondary N) is 1. The summed E-state index contributed by atoms with van der Waals surface area (Å²) in [6.45, 7) is 4.65. The lowest BCUT2D eigenvalue weighted by Gasteiger charge is -2.54. The van der Waals surface area contributed by atoms with Gasteiger partial charge in [0.2, 0.25) is 5.91 Å². The van der Waals surface area contributed by atoms with Gasteiger partial charge in [-0.25, -0.2) is 9.67 Å². The predicted molar refractivity (Wildman–Crippen MR) is 77.6 cm³/mol. The Hall–Kier alpha value is -1.43. The number of carbonyl (C=O) groups excluding carboxylic acids is 1. The molecule has 2 saturated carbocycles. The van der Waals surface area contributed by atoms with Crippen molar-refractivity contribution in [3.63, 3.8) is 0 Å². The molecule has 116 valence electrons. The van der Waals surface area contributed by atoms with Crippen molar-refractivity contribution in [2.45, 2.75) is 64.1 Å². The molecule has 0 aliphatic heterocycles. The van der Waals surface area contributed by atoms with E-state index >= 15 is 0 Å². The van der Waals surface area contributed by atoms with Crippen molar-refractivity contribution in [2.24, 2.45) is 5.41 Å². The molecular formula is C15H24N4O2. The molecular weight excluding hydrogens is 268 g/mol. The van der Waals surface area contributed by atoms with Crippen molar-refractivity contribution in [2.75, 3.05) is 6.61 Å². The van der Waals surface area contributed by atoms with E-state index < -0.39 is 0 Å². The fourth-order valence-electron chi connectivity index (χ4n) is 3.92. The van der Waals surface area contributed by atoms with E-state index in [9.17, 15) is 4.79 Å². The minimum Gasteiger partial charge on any atom is -0.378 e. The molecule has 0 bridgehead atoms. The van der Waals surface area contributed by atoms with Gasteiger partial charge >= 0.3 is 0 Å². The van der Waals surface area contributed by atoms with Crippen LogP contribution >= 0.6 is 0 Å². The van der Waals surface area contributed by atoms with Crippen molar-refractivity contribution in [3.05, 3.63) is 12.7 Å². The van der Waals surface area contributed by atoms with E-state index in [1.165, 1.54) is 32.0 Å². The molecule has 1 spiro atoms. The molecule has 2 fully saturated rings. The summed E-state index contributed by atoms with van der Waals surface area (Å²) in [5.74, 6) is 0.0201. The lowest BCUT2D eigenvalue weighted by atomic mass is 9.60. The molecule has 0 saturated heterocycles. The lowest BCUT2D eigenvalue weighted by Crippen LogP contribution is -2.64. The monoisotopic (exact) mass is 292 g/mol. The summed E-state index contributed by atoms with van der Waals surface area (Å²) in [6, 6.07) is -0.0767. The summed E-state index contributed by atoms with van der Waals surface area (Å²) in [4.78, 5) is 16.3. The van der Waals surface area contributed by atoms with E-state index in [4.69, 9.17) is 4.74 Å². The maximum absolute atomic E-state index is 12.4. The first-order valence-corrected chi connectivity index (χ1v) is 7.93. The van der Waals surface area contributed by atoms with Gasteiger partial charge < -0.3 is 10.1 Å². The van der Waals surface area contributed by atoms with E-state index in [1.807, 2.05) is 13.8 Å². The molecule has 1 amide bonds. The van der Waals surface area contributed by atoms with Gasteiger partial charge in [-0.05, 0) is 33.1 Å². The van der Waals surface area contributed by atoms with E-state index in [0.29, 0.717) is 6.10 Å². The van der Waals surface area contributed by atoms with Crippen molar-refractivity contribution in [1.29, 1.82) is 0 Å². The average Bonchev–Trinajstić information content (AvgIpc) is 3.17. The Balaban J connectivity index is 1.64. The normalized spacial score (nSPS) is 28.3. The lowest BCUT2D eigenvalue weighted by molar-refractivity contribution is -0.146. The molecule has 2 aliphatic rings. The first-order chi connectivity index (χ1) is 10.2. The quantitative estimate of drug-likeness (QED) is 0.896. The van der Waals surface area contributed by atoms with Crippen LogP contribution in [-0.4, -0.2) is 39.4 Å². The molecule has 3 atom stereocenters. The standard InChI is InChI=1S/C15H24N4O2/c1-3-21-13-8-12(15(13)6-4-5-7-15)18-14(20)11(2)19-10-16-9-17-19/h9-13H,3-8H2,1-2H3,(H,18,20). The molecule has 2 aliphatic carbocycles. The third-order valence-electron chi connectivity index (χ3n) is 5.22. The maximum Gasteiger partial charge on any atom is 0.244 e. The highest BCUT2D eigenvalue weighted by molar-refractivity contribution is 5.80. The maximum atomic E-state index is 12.4. The summed E-state index contributed by atoms with van der Waals surface area (Å²) < 4.78 is 7.47. The summed E-state index contributed by atoms with van der Waals surface area (Å²) in [6.07, 6.45) is 9.11. The minimum atomic E-state index is -0.322. The third kappa shape index (κ3) is 2.46. The fourth-order valence-corrected chi connectivity index (χ4v) is 3.92. The predicted octanol–water partition coefficient (Wildman–Crippen LogP) is 1.69. The Bertz CT molecular complexity index is 482. The highest BCUT2D eigenvalue weighted by Crippen LogP contribution is 2.54. The summed E-state index contributed by atoms with van der Waals surface area (Å²) in [7, 11) is 0. The molecule has 1 aromatic heterocycles. The topological polar surface area (TPSA) is 69.0 Å². The van der Waals surface area contributed by atoms with E-state index in [2.05, 4.69) is 15.4 Å². The zero-order valence-corrected chi connectivity index (χ0v) is 12.8. The largest absolute Gasteiger partial charge is 0.378 e. The summed E-state index contributed by atoms with van der Waals surface area (Å²) in [5, 5.41) is 7.26. The van der Waals surface area contributed by atoms with Gasteiger partial charge in [-0.1, -0.05) is 12.8 Å². The smallest absolute Gasteiger partial charge is 0.244 e. The van der Waals surface area contributed by atoms with Crippen LogP contribution in [0.4, 0.5) is 0 Å². The second kappa shape index (κ2) is 5.75. The third-order valence-corrected chi connectivity index (χ3v) is 5.22. The number of carbonyl (C=O) groups is 1. The highest BCUT2D eigenvalue weighted by Gasteiger charge is 2.57. The Morgan fingerprint density at radius 1 is 1.52 bits per heavy atom. The Morgan fingerprint density at radius 3 is 2.90 bits per heavy atom. The fraction of sp³-hybridized carbons (Fsp3) is 0.800. The van der Waals surface area contributed by atoms with Gasteiger partial charge in [0.05, 0.1) is 6.10 Å². The van der Waals surface area contributed by atoms with Crippen LogP contribution in [0, 0.1) is 5.41 Å². The number of nitrogens with zero attached hydrogens (tertiary/aromatic N) is 3. The molecule has 1 aromatic rings. The first kappa shape index (κ1) is 14.5. The Kier molecular flexibility index (Phi) is 3.97. The van der Waals surface area contributed by atoms with Gasteiger partial charge in [-0.3, -0.25) is 4.79 Å². The number of ether oxygens (including phenoxy) is 1. The van der Waals surface area contributed by atoms with Crippen LogP contribution in [0.2, 0.25) is 0 Å². The van der Waals surface area contributed by atoms with Gasteiger partial charge in [-0.15, -0.1) is 0 Å². The van der Waals surface area contributed by atoms with Crippen LogP contribution in [0.25, 0.3) is 0 Å². The van der Waals surface area contributed by atoms with Gasteiger partial charge in [0.15, 0.2) is 0 Å². The van der Waals surface area contributed by atoms with Gasteiger partial charge in [0.1, 0.15) is 18.7 Å². The minimum absolute atomic E-state index is 0.0201. The zero-order valence-electron chi connectivity index (χ0n) is 12.8. The summed E-state index contributed by atoms with van der Waals surface area (Å²) >= 11 is 0. The first-order valence-electron chi connectivity index (χ1n) is 7.93. The molecule has 1 heterocycles. The number of aromatic nitrogens is 3. The molecule has 0 aromatic carbocycles. The molecule has 3 rings (SSSR count). The van der Waals surface area contributed by atoms with Crippen molar-refractivity contribution >= 4 is 5.91 Å². The molecule has 21 heavy (non-hydrogen) atoms. The number of rotatable bonds is 5. The van der Waals surface area contributed by atoms with E-state index in [0.717, 1.165) is 13.0 Å². The van der Waals surface area contributed by atoms with Crippen molar-refractivity contribution < 1.29 is 9.53 Å². The second-order valence-electron chi connectivity index (χ2n) is 6.23.